The summed E-state index contributed by atoms with van der Waals surface area (Å²) >= 11 is 0. The molecule has 28 heavy (non-hydrogen) atoms. The summed E-state index contributed by atoms with van der Waals surface area (Å²) < 4.78 is 0. The molecular formula is C23H34O4Ti. The maximum Gasteiger partial charge on any atom is 2.00 e. The number of carboxylic acids is 2. The summed E-state index contributed by atoms with van der Waals surface area (Å²) in [6.07, 6.45) is 12.2. The molecule has 0 saturated carbocycles. The molecule has 0 fully saturated rings. The van der Waals surface area contributed by atoms with Gasteiger partial charge < -0.3 is 17.6 Å². The molecule has 3 rings (SSSR count). The van der Waals surface area contributed by atoms with E-state index in [1.807, 2.05) is 0 Å². The monoisotopic (exact) mass is 422 g/mol. The van der Waals surface area contributed by atoms with Crippen molar-refractivity contribution in [2.75, 3.05) is 0 Å². The predicted molar refractivity (Wildman–Crippen MR) is 111 cm³/mol. The van der Waals surface area contributed by atoms with Crippen LogP contribution >= 0.6 is 0 Å². The zero-order chi connectivity index (χ0) is 19.9. The molecule has 0 aromatic carbocycles. The number of fused-ring (bicyclic) bond motifs is 1. The van der Waals surface area contributed by atoms with Gasteiger partial charge in [-0.2, -0.15) is 5.57 Å². The predicted octanol–water partition coefficient (Wildman–Crippen LogP) is 5.93. The molecule has 1 atom stereocenters. The van der Waals surface area contributed by atoms with Gasteiger partial charge in [0.15, 0.2) is 0 Å². The second-order valence-electron chi connectivity index (χ2n) is 7.13. The largest absolute Gasteiger partial charge is 2.00 e. The van der Waals surface area contributed by atoms with E-state index >= 15 is 0 Å². The van der Waals surface area contributed by atoms with Crippen LogP contribution in [0.25, 0.3) is 0 Å². The molecule has 0 aromatic heterocycles. The van der Waals surface area contributed by atoms with Crippen molar-refractivity contribution in [2.24, 2.45) is 5.92 Å². The molecule has 0 aromatic rings. The molecule has 0 radical (unpaired) electrons. The summed E-state index contributed by atoms with van der Waals surface area (Å²) in [5.41, 5.74) is 7.42. The summed E-state index contributed by atoms with van der Waals surface area (Å²) in [5.74, 6) is -1.09. The van der Waals surface area contributed by atoms with Crippen LogP contribution in [0.3, 0.4) is 0 Å². The van der Waals surface area contributed by atoms with Crippen molar-refractivity contribution in [3.63, 3.8) is 0 Å². The zero-order valence-electron chi connectivity index (χ0n) is 17.7. The van der Waals surface area contributed by atoms with Crippen LogP contribution in [-0.2, 0) is 31.3 Å². The number of carboxylic acid groups (broad SMARTS) is 2. The SMILES string of the molecule is C=C(C)C(=O)O.C=C(C)C(=O)O.CC1C2=C(CCC[CH-]2)C2=C1CCCC2.[CH3-].[Ti+2]. The van der Waals surface area contributed by atoms with Crippen molar-refractivity contribution >= 4 is 11.9 Å². The van der Waals surface area contributed by atoms with Crippen molar-refractivity contribution in [3.05, 3.63) is 60.4 Å². The topological polar surface area (TPSA) is 74.6 Å². The van der Waals surface area contributed by atoms with Gasteiger partial charge in [-0.25, -0.2) is 21.6 Å². The van der Waals surface area contributed by atoms with E-state index in [4.69, 9.17) is 10.2 Å². The molecule has 0 aliphatic heterocycles. The minimum absolute atomic E-state index is 0. The average molecular weight is 422 g/mol. The average Bonchev–Trinajstić information content (AvgIpc) is 2.89. The third kappa shape index (κ3) is 8.24. The Kier molecular flexibility index (Phi) is 14.0. The Morgan fingerprint density at radius 1 is 0.929 bits per heavy atom. The molecule has 4 nitrogen and oxygen atoms in total. The van der Waals surface area contributed by atoms with Gasteiger partial charge in [0.25, 0.3) is 0 Å². The smallest absolute Gasteiger partial charge is 0.478 e. The van der Waals surface area contributed by atoms with E-state index in [0.717, 1.165) is 5.92 Å². The van der Waals surface area contributed by atoms with Crippen LogP contribution in [0.1, 0.15) is 65.7 Å². The Balaban J connectivity index is 0. The van der Waals surface area contributed by atoms with E-state index < -0.39 is 11.9 Å². The second kappa shape index (κ2) is 13.6. The van der Waals surface area contributed by atoms with Crippen LogP contribution in [0.4, 0.5) is 0 Å². The molecule has 2 N–H and O–H groups in total. The fourth-order valence-corrected chi connectivity index (χ4v) is 3.51. The molecule has 0 saturated heterocycles. The number of allylic oxidation sites excluding steroid dienone is 4. The molecule has 0 bridgehead atoms. The summed E-state index contributed by atoms with van der Waals surface area (Å²) in [7, 11) is 0. The standard InChI is InChI=1S/C14H19.2C4H6O2.CH3.Ti/c1-10-11-6-2-4-8-13(11)14-9-5-3-7-12(10)14;2*1-3(2)4(5)6;;/h6,10H,2-5,7-9H2,1H3;2*1H2,2H3,(H,5,6);1H3;/q-1;;;-1;+2. The van der Waals surface area contributed by atoms with Gasteiger partial charge in [0, 0.05) is 11.1 Å². The van der Waals surface area contributed by atoms with Gasteiger partial charge in [-0.3, -0.25) is 0 Å². The Morgan fingerprint density at radius 3 is 1.82 bits per heavy atom. The molecule has 3 aliphatic rings. The number of aliphatic carboxylic acids is 2. The maximum atomic E-state index is 9.60. The van der Waals surface area contributed by atoms with Crippen LogP contribution in [-0.4, -0.2) is 22.2 Å². The molecule has 0 spiro atoms. The minimum atomic E-state index is -0.935. The van der Waals surface area contributed by atoms with Crippen molar-refractivity contribution in [1.82, 2.24) is 0 Å². The number of hydrogen-bond donors (Lipinski definition) is 2. The Morgan fingerprint density at radius 2 is 1.36 bits per heavy atom. The van der Waals surface area contributed by atoms with E-state index in [2.05, 4.69) is 26.5 Å². The third-order valence-corrected chi connectivity index (χ3v) is 4.94. The van der Waals surface area contributed by atoms with E-state index in [0.29, 0.717) is 0 Å². The first-order chi connectivity index (χ1) is 12.2. The van der Waals surface area contributed by atoms with Gasteiger partial charge in [-0.15, -0.1) is 12.0 Å². The Labute approximate surface area is 185 Å². The summed E-state index contributed by atoms with van der Waals surface area (Å²) in [6, 6.07) is 0. The van der Waals surface area contributed by atoms with E-state index in [9.17, 15) is 9.59 Å². The van der Waals surface area contributed by atoms with E-state index in [1.54, 1.807) is 22.3 Å². The van der Waals surface area contributed by atoms with Crippen molar-refractivity contribution < 1.29 is 41.5 Å². The fourth-order valence-electron chi connectivity index (χ4n) is 3.51. The summed E-state index contributed by atoms with van der Waals surface area (Å²) in [4.78, 5) is 19.2. The first kappa shape index (κ1) is 28.7. The first-order valence-corrected chi connectivity index (χ1v) is 9.22. The van der Waals surface area contributed by atoms with Gasteiger partial charge in [0.2, 0.25) is 0 Å². The Hall–Kier alpha value is -1.52. The molecule has 154 valence electrons. The number of hydrogen-bond acceptors (Lipinski definition) is 2. The van der Waals surface area contributed by atoms with Gasteiger partial charge in [0.05, 0.1) is 0 Å². The van der Waals surface area contributed by atoms with Crippen LogP contribution in [0, 0.1) is 19.8 Å². The van der Waals surface area contributed by atoms with Crippen LogP contribution in [0.2, 0.25) is 0 Å². The minimum Gasteiger partial charge on any atom is -0.478 e. The van der Waals surface area contributed by atoms with Gasteiger partial charge in [-0.05, 0) is 39.0 Å². The summed E-state index contributed by atoms with van der Waals surface area (Å²) in [5, 5.41) is 15.8. The van der Waals surface area contributed by atoms with Crippen molar-refractivity contribution in [1.29, 1.82) is 0 Å². The maximum absolute atomic E-state index is 9.60. The van der Waals surface area contributed by atoms with Gasteiger partial charge in [0.1, 0.15) is 0 Å². The molecule has 3 aliphatic carbocycles. The number of rotatable bonds is 2. The quantitative estimate of drug-likeness (QED) is 0.328. The second-order valence-corrected chi connectivity index (χ2v) is 7.13. The molecule has 0 amide bonds. The Bertz CT molecular complexity index is 576. The van der Waals surface area contributed by atoms with Crippen LogP contribution in [0.5, 0.6) is 0 Å². The first-order valence-electron chi connectivity index (χ1n) is 9.22. The van der Waals surface area contributed by atoms with Gasteiger partial charge in [-0.1, -0.05) is 44.9 Å². The zero-order valence-corrected chi connectivity index (χ0v) is 19.3. The van der Waals surface area contributed by atoms with E-state index in [-0.39, 0.29) is 40.3 Å². The molecule has 0 heterocycles. The molecular weight excluding hydrogens is 388 g/mol. The van der Waals surface area contributed by atoms with Crippen molar-refractivity contribution in [3.8, 4) is 0 Å². The van der Waals surface area contributed by atoms with Crippen molar-refractivity contribution in [2.45, 2.75) is 65.7 Å². The van der Waals surface area contributed by atoms with E-state index in [1.165, 1.54) is 58.8 Å². The molecule has 5 heteroatoms. The van der Waals surface area contributed by atoms with Crippen LogP contribution in [0.15, 0.2) is 46.6 Å². The summed E-state index contributed by atoms with van der Waals surface area (Å²) in [6.45, 7) is 11.6. The third-order valence-electron chi connectivity index (χ3n) is 4.94. The molecule has 1 unspecified atom stereocenters. The number of carbonyl (C=O) groups is 2. The normalized spacial score (nSPS) is 18.9. The van der Waals surface area contributed by atoms with Gasteiger partial charge >= 0.3 is 33.7 Å². The fraction of sp³-hybridized carbons (Fsp3) is 0.478. The van der Waals surface area contributed by atoms with Crippen LogP contribution < -0.4 is 0 Å².